The highest BCUT2D eigenvalue weighted by Crippen LogP contribution is 1.93. The quantitative estimate of drug-likeness (QED) is 0.217. The predicted octanol–water partition coefficient (Wildman–Crippen LogP) is -4.95. The van der Waals surface area contributed by atoms with Crippen LogP contribution in [0.25, 0.3) is 0 Å². The summed E-state index contributed by atoms with van der Waals surface area (Å²) < 4.78 is 0. The molecule has 0 rings (SSSR count). The Morgan fingerprint density at radius 1 is 0.846 bits per heavy atom. The number of hydrogen-bond acceptors (Lipinski definition) is 8. The maximum Gasteiger partial charge on any atom is 0.668 e. The van der Waals surface area contributed by atoms with E-state index in [4.69, 9.17) is 40.2 Å². The molecule has 0 heterocycles. The van der Waals surface area contributed by atoms with Gasteiger partial charge >= 0.3 is 9.05 Å². The van der Waals surface area contributed by atoms with Crippen LogP contribution in [0.3, 0.4) is 0 Å². The fourth-order valence-corrected chi connectivity index (χ4v) is 0.150. The van der Waals surface area contributed by atoms with E-state index in [0.717, 1.165) is 0 Å². The molecule has 0 aromatic rings. The van der Waals surface area contributed by atoms with Crippen LogP contribution < -0.4 is 5.73 Å². The molecule has 0 aliphatic carbocycles. The van der Waals surface area contributed by atoms with Crippen LogP contribution in [0.4, 0.5) is 0 Å². The van der Waals surface area contributed by atoms with Crippen LogP contribution in [0, 0.1) is 0 Å². The molecule has 13 heavy (non-hydrogen) atoms. The maximum absolute atomic E-state index is 8.34. The van der Waals surface area contributed by atoms with Crippen LogP contribution in [-0.4, -0.2) is 68.9 Å². The van der Waals surface area contributed by atoms with Crippen molar-refractivity contribution < 1.29 is 34.5 Å². The lowest BCUT2D eigenvalue weighted by atomic mass is 10.1. The number of hydrogen-bond donors (Lipinski definition) is 8. The molecule has 0 aromatic heterocycles. The molecule has 0 saturated heterocycles. The first kappa shape index (κ1) is 15.4. The van der Waals surface area contributed by atoms with Gasteiger partial charge in [0, 0.05) is 0 Å². The average molecular weight is 217 g/mol. The van der Waals surface area contributed by atoms with Crippen molar-refractivity contribution >= 4 is 9.05 Å². The highest BCUT2D eigenvalue weighted by molar-refractivity contribution is 6.46. The molecular formula is C4H15NO7Si. The summed E-state index contributed by atoms with van der Waals surface area (Å²) in [6.07, 6.45) is 0. The van der Waals surface area contributed by atoms with Gasteiger partial charge in [-0.05, 0) is 0 Å². The second kappa shape index (κ2) is 6.37. The van der Waals surface area contributed by atoms with E-state index in [2.05, 4.69) is 0 Å². The Kier molecular flexibility index (Phi) is 7.53. The van der Waals surface area contributed by atoms with Crippen molar-refractivity contribution in [3.05, 3.63) is 0 Å². The third-order valence-corrected chi connectivity index (χ3v) is 0.945. The van der Waals surface area contributed by atoms with Gasteiger partial charge < -0.3 is 40.2 Å². The molecular weight excluding hydrogens is 202 g/mol. The molecule has 0 amide bonds. The Balaban J connectivity index is 0. The van der Waals surface area contributed by atoms with Crippen molar-refractivity contribution in [2.75, 3.05) is 19.8 Å². The number of nitrogens with two attached hydrogens (primary N) is 1. The zero-order valence-corrected chi connectivity index (χ0v) is 7.83. The van der Waals surface area contributed by atoms with Gasteiger partial charge in [-0.3, -0.25) is 0 Å². The maximum atomic E-state index is 8.34. The normalized spacial score (nSPS) is 12.0. The first-order valence-electron chi connectivity index (χ1n) is 3.19. The molecule has 82 valence electrons. The van der Waals surface area contributed by atoms with Gasteiger partial charge in [-0.1, -0.05) is 0 Å². The fourth-order valence-electron chi connectivity index (χ4n) is 0.150. The van der Waals surface area contributed by atoms with E-state index in [0.29, 0.717) is 0 Å². The topological polar surface area (TPSA) is 168 Å². The molecule has 0 aromatic carbocycles. The first-order valence-corrected chi connectivity index (χ1v) is 4.98. The smallest absolute Gasteiger partial charge is 0.394 e. The predicted molar refractivity (Wildman–Crippen MR) is 42.8 cm³/mol. The number of aliphatic hydroxyl groups is 3. The summed E-state index contributed by atoms with van der Waals surface area (Å²) in [7, 11) is -4.61. The van der Waals surface area contributed by atoms with Crippen LogP contribution in [0.5, 0.6) is 0 Å². The second-order valence-corrected chi connectivity index (χ2v) is 3.64. The molecule has 9 heteroatoms. The monoisotopic (exact) mass is 217 g/mol. The molecule has 0 radical (unpaired) electrons. The number of aliphatic hydroxyl groups excluding tert-OH is 3. The summed E-state index contributed by atoms with van der Waals surface area (Å²) in [5.74, 6) is 0. The third kappa shape index (κ3) is 14.7. The Hall–Kier alpha value is -0.103. The van der Waals surface area contributed by atoms with Gasteiger partial charge in [0.25, 0.3) is 0 Å². The molecule has 0 spiro atoms. The minimum absolute atomic E-state index is 0.403. The van der Waals surface area contributed by atoms with Crippen molar-refractivity contribution in [1.82, 2.24) is 0 Å². The summed E-state index contributed by atoms with van der Waals surface area (Å²) >= 11 is 0. The standard InChI is InChI=1S/C4H11NO3.H4O4Si/c5-4(1-6,2-7)3-8;1-5(2,3)4/h6-8H,1-3,5H2;1-4H. The molecule has 0 aliphatic rings. The van der Waals surface area contributed by atoms with Crippen molar-refractivity contribution in [2.24, 2.45) is 5.73 Å². The Morgan fingerprint density at radius 3 is 1.00 bits per heavy atom. The van der Waals surface area contributed by atoms with Gasteiger partial charge in [-0.2, -0.15) is 0 Å². The lowest BCUT2D eigenvalue weighted by Gasteiger charge is -2.20. The van der Waals surface area contributed by atoms with Crippen molar-refractivity contribution in [3.8, 4) is 0 Å². The number of rotatable bonds is 3. The van der Waals surface area contributed by atoms with Crippen LogP contribution in [0.2, 0.25) is 0 Å². The van der Waals surface area contributed by atoms with Gasteiger partial charge in [0.1, 0.15) is 0 Å². The summed E-state index contributed by atoms with van der Waals surface area (Å²) in [5.41, 5.74) is 3.94. The third-order valence-electron chi connectivity index (χ3n) is 0.945. The lowest BCUT2D eigenvalue weighted by Crippen LogP contribution is -2.50. The van der Waals surface area contributed by atoms with Crippen molar-refractivity contribution in [3.63, 3.8) is 0 Å². The van der Waals surface area contributed by atoms with E-state index in [9.17, 15) is 0 Å². The first-order chi connectivity index (χ1) is 5.68. The zero-order chi connectivity index (χ0) is 11.1. The molecule has 0 aliphatic heterocycles. The highest BCUT2D eigenvalue weighted by atomic mass is 28.4. The molecule has 8 nitrogen and oxygen atoms in total. The van der Waals surface area contributed by atoms with E-state index >= 15 is 0 Å². The average Bonchev–Trinajstić information content (AvgIpc) is 2.00. The van der Waals surface area contributed by atoms with E-state index in [-0.39, 0.29) is 0 Å². The fraction of sp³-hybridized carbons (Fsp3) is 1.00. The van der Waals surface area contributed by atoms with E-state index in [1.165, 1.54) is 0 Å². The second-order valence-electron chi connectivity index (χ2n) is 2.44. The molecule has 9 N–H and O–H groups in total. The van der Waals surface area contributed by atoms with Crippen LogP contribution in [0.1, 0.15) is 0 Å². The molecule has 0 saturated carbocycles. The van der Waals surface area contributed by atoms with Crippen molar-refractivity contribution in [2.45, 2.75) is 5.54 Å². The van der Waals surface area contributed by atoms with E-state index < -0.39 is 34.4 Å². The summed E-state index contributed by atoms with van der Waals surface area (Å²) in [6.45, 7) is -1.21. The van der Waals surface area contributed by atoms with Gasteiger partial charge in [0.2, 0.25) is 0 Å². The molecule has 0 fully saturated rings. The zero-order valence-electron chi connectivity index (χ0n) is 6.83. The minimum Gasteiger partial charge on any atom is -0.394 e. The molecule has 0 atom stereocenters. The highest BCUT2D eigenvalue weighted by Gasteiger charge is 2.22. The van der Waals surface area contributed by atoms with Crippen molar-refractivity contribution in [1.29, 1.82) is 0 Å². The van der Waals surface area contributed by atoms with E-state index in [1.807, 2.05) is 0 Å². The van der Waals surface area contributed by atoms with Gasteiger partial charge in [-0.15, -0.1) is 0 Å². The van der Waals surface area contributed by atoms with Gasteiger partial charge in [-0.25, -0.2) is 0 Å². The summed E-state index contributed by atoms with van der Waals surface area (Å²) in [5, 5.41) is 25.0. The van der Waals surface area contributed by atoms with Gasteiger partial charge in [0.15, 0.2) is 0 Å². The Labute approximate surface area is 75.6 Å². The summed E-state index contributed by atoms with van der Waals surface area (Å²) in [4.78, 5) is 29.3. The lowest BCUT2D eigenvalue weighted by molar-refractivity contribution is 0.0697. The van der Waals surface area contributed by atoms with Crippen LogP contribution in [0.15, 0.2) is 0 Å². The largest absolute Gasteiger partial charge is 0.668 e. The Bertz CT molecular complexity index is 108. The van der Waals surface area contributed by atoms with Gasteiger partial charge in [0.05, 0.1) is 25.4 Å². The van der Waals surface area contributed by atoms with Crippen LogP contribution >= 0.6 is 0 Å². The molecule has 0 bridgehead atoms. The Morgan fingerprint density at radius 2 is 1.00 bits per heavy atom. The molecule has 0 unspecified atom stereocenters. The SMILES string of the molecule is NC(CO)(CO)CO.O[Si](O)(O)O. The summed E-state index contributed by atoms with van der Waals surface area (Å²) in [6, 6.07) is 0. The van der Waals surface area contributed by atoms with E-state index in [1.54, 1.807) is 0 Å². The van der Waals surface area contributed by atoms with Crippen LogP contribution in [-0.2, 0) is 0 Å². The minimum atomic E-state index is -4.61.